The molecular weight excluding hydrogens is 278 g/mol. The van der Waals surface area contributed by atoms with Crippen LogP contribution in [0.4, 0.5) is 0 Å². The molecule has 1 aromatic heterocycles. The van der Waals surface area contributed by atoms with Gasteiger partial charge in [0.15, 0.2) is 0 Å². The van der Waals surface area contributed by atoms with Crippen molar-refractivity contribution < 1.29 is 0 Å². The number of aryl methyl sites for hydroxylation is 2. The second-order valence-corrected chi connectivity index (χ2v) is 7.44. The zero-order chi connectivity index (χ0) is 15.3. The maximum Gasteiger partial charge on any atom is 0.105 e. The number of hydrogen-bond donors (Lipinski definition) is 1. The van der Waals surface area contributed by atoms with Crippen LogP contribution in [-0.2, 0) is 13.1 Å². The first-order valence-corrected chi connectivity index (χ1v) is 8.37. The van der Waals surface area contributed by atoms with Crippen molar-refractivity contribution in [2.75, 3.05) is 5.75 Å². The second kappa shape index (κ2) is 7.14. The fourth-order valence-electron chi connectivity index (χ4n) is 2.01. The molecule has 1 N–H and O–H groups in total. The normalized spacial score (nSPS) is 11.8. The lowest BCUT2D eigenvalue weighted by Gasteiger charge is -2.20. The maximum absolute atomic E-state index is 4.25. The van der Waals surface area contributed by atoms with Crippen LogP contribution in [-0.4, -0.2) is 20.8 Å². The summed E-state index contributed by atoms with van der Waals surface area (Å²) in [6, 6.07) is 8.80. The largest absolute Gasteiger partial charge is 0.334 e. The van der Waals surface area contributed by atoms with Crippen LogP contribution in [0.25, 0.3) is 0 Å². The van der Waals surface area contributed by atoms with Crippen LogP contribution in [0.15, 0.2) is 41.6 Å². The summed E-state index contributed by atoms with van der Waals surface area (Å²) in [7, 11) is 0. The zero-order valence-electron chi connectivity index (χ0n) is 13.4. The number of aromatic nitrogens is 2. The molecule has 0 spiro atoms. The fraction of sp³-hybridized carbons (Fsp3) is 0.471. The van der Waals surface area contributed by atoms with E-state index in [1.807, 2.05) is 31.1 Å². The van der Waals surface area contributed by atoms with Crippen LogP contribution in [0.2, 0.25) is 0 Å². The quantitative estimate of drug-likeness (QED) is 0.822. The monoisotopic (exact) mass is 303 g/mol. The molecule has 2 aromatic rings. The molecule has 0 atom stereocenters. The van der Waals surface area contributed by atoms with Gasteiger partial charge in [-0.25, -0.2) is 4.98 Å². The molecule has 1 heterocycles. The molecule has 4 heteroatoms. The van der Waals surface area contributed by atoms with Crippen LogP contribution in [0.1, 0.15) is 32.2 Å². The molecule has 0 aliphatic carbocycles. The van der Waals surface area contributed by atoms with Gasteiger partial charge in [-0.05, 0) is 45.4 Å². The highest BCUT2D eigenvalue weighted by Crippen LogP contribution is 2.20. The molecule has 0 aliphatic heterocycles. The molecule has 21 heavy (non-hydrogen) atoms. The number of rotatable bonds is 6. The average molecular weight is 303 g/mol. The highest BCUT2D eigenvalue weighted by Gasteiger charge is 2.08. The van der Waals surface area contributed by atoms with Gasteiger partial charge < -0.3 is 9.88 Å². The van der Waals surface area contributed by atoms with Gasteiger partial charge in [-0.1, -0.05) is 12.1 Å². The van der Waals surface area contributed by atoms with Crippen molar-refractivity contribution in [2.24, 2.45) is 0 Å². The molecule has 0 saturated heterocycles. The highest BCUT2D eigenvalue weighted by atomic mass is 32.2. The van der Waals surface area contributed by atoms with Crippen LogP contribution >= 0.6 is 11.8 Å². The summed E-state index contributed by atoms with van der Waals surface area (Å²) < 4.78 is 2.19. The van der Waals surface area contributed by atoms with E-state index in [4.69, 9.17) is 0 Å². The molecule has 0 saturated carbocycles. The third kappa shape index (κ3) is 5.56. The highest BCUT2D eigenvalue weighted by molar-refractivity contribution is 7.99. The molecule has 0 bridgehead atoms. The van der Waals surface area contributed by atoms with Crippen LogP contribution in [0.5, 0.6) is 0 Å². The molecule has 0 amide bonds. The van der Waals surface area contributed by atoms with E-state index in [1.54, 1.807) is 0 Å². The number of benzene rings is 1. The van der Waals surface area contributed by atoms with E-state index in [9.17, 15) is 0 Å². The van der Waals surface area contributed by atoms with Gasteiger partial charge in [0.1, 0.15) is 5.82 Å². The van der Waals surface area contributed by atoms with E-state index in [0.717, 1.165) is 24.7 Å². The van der Waals surface area contributed by atoms with Gasteiger partial charge in [0.2, 0.25) is 0 Å². The third-order valence-electron chi connectivity index (χ3n) is 3.25. The smallest absolute Gasteiger partial charge is 0.105 e. The first-order valence-electron chi connectivity index (χ1n) is 7.38. The predicted octanol–water partition coefficient (Wildman–Crippen LogP) is 3.87. The topological polar surface area (TPSA) is 29.9 Å². The first kappa shape index (κ1) is 16.1. The predicted molar refractivity (Wildman–Crippen MR) is 90.7 cm³/mol. The van der Waals surface area contributed by atoms with Gasteiger partial charge in [0.05, 0.1) is 0 Å². The van der Waals surface area contributed by atoms with Crippen molar-refractivity contribution in [1.29, 1.82) is 0 Å². The summed E-state index contributed by atoms with van der Waals surface area (Å²) in [5, 5.41) is 3.53. The summed E-state index contributed by atoms with van der Waals surface area (Å²) in [5.41, 5.74) is 1.50. The van der Waals surface area contributed by atoms with Crippen LogP contribution < -0.4 is 5.32 Å². The Hall–Kier alpha value is -1.26. The van der Waals surface area contributed by atoms with E-state index in [1.165, 1.54) is 10.5 Å². The molecule has 1 aromatic carbocycles. The molecule has 0 radical (unpaired) electrons. The maximum atomic E-state index is 4.25. The van der Waals surface area contributed by atoms with Gasteiger partial charge in [-0.3, -0.25) is 0 Å². The molecular formula is C17H25N3S. The van der Waals surface area contributed by atoms with Crippen molar-refractivity contribution in [3.05, 3.63) is 48.0 Å². The minimum absolute atomic E-state index is 0.155. The summed E-state index contributed by atoms with van der Waals surface area (Å²) in [4.78, 5) is 5.58. The third-order valence-corrected chi connectivity index (χ3v) is 4.22. The average Bonchev–Trinajstić information content (AvgIpc) is 2.82. The van der Waals surface area contributed by atoms with Crippen molar-refractivity contribution in [3.63, 3.8) is 0 Å². The second-order valence-electron chi connectivity index (χ2n) is 6.27. The Morgan fingerprint density at radius 2 is 2.10 bits per heavy atom. The zero-order valence-corrected chi connectivity index (χ0v) is 14.2. The van der Waals surface area contributed by atoms with E-state index < -0.39 is 0 Å². The lowest BCUT2D eigenvalue weighted by molar-refractivity contribution is 0.424. The molecule has 0 fully saturated rings. The van der Waals surface area contributed by atoms with Crippen LogP contribution in [0, 0.1) is 6.92 Å². The molecule has 114 valence electrons. The Balaban J connectivity index is 1.85. The van der Waals surface area contributed by atoms with Crippen LogP contribution in [0.3, 0.4) is 0 Å². The fourth-order valence-corrected chi connectivity index (χ4v) is 2.95. The van der Waals surface area contributed by atoms with Gasteiger partial charge in [0, 0.05) is 41.7 Å². The van der Waals surface area contributed by atoms with E-state index in [-0.39, 0.29) is 5.54 Å². The van der Waals surface area contributed by atoms with Gasteiger partial charge >= 0.3 is 0 Å². The Labute approximate surface area is 132 Å². The van der Waals surface area contributed by atoms with Crippen molar-refractivity contribution in [1.82, 2.24) is 14.9 Å². The SMILES string of the molecule is Cc1nccn1CCSc1cccc(CNC(C)(C)C)c1. The summed E-state index contributed by atoms with van der Waals surface area (Å²) >= 11 is 1.90. The Morgan fingerprint density at radius 3 is 2.76 bits per heavy atom. The molecule has 2 rings (SSSR count). The molecule has 0 aliphatic rings. The number of hydrogen-bond acceptors (Lipinski definition) is 3. The number of nitrogens with zero attached hydrogens (tertiary/aromatic N) is 2. The molecule has 0 unspecified atom stereocenters. The minimum Gasteiger partial charge on any atom is -0.334 e. The first-order chi connectivity index (χ1) is 9.94. The number of nitrogens with one attached hydrogen (secondary N) is 1. The molecule has 3 nitrogen and oxygen atoms in total. The Bertz CT molecular complexity index is 569. The number of imidazole rings is 1. The summed E-state index contributed by atoms with van der Waals surface area (Å²) in [5.74, 6) is 2.15. The van der Waals surface area contributed by atoms with Crippen molar-refractivity contribution in [3.8, 4) is 0 Å². The lowest BCUT2D eigenvalue weighted by atomic mass is 10.1. The van der Waals surface area contributed by atoms with E-state index >= 15 is 0 Å². The summed E-state index contributed by atoms with van der Waals surface area (Å²) in [6.07, 6.45) is 3.90. The van der Waals surface area contributed by atoms with Crippen molar-refractivity contribution >= 4 is 11.8 Å². The van der Waals surface area contributed by atoms with Crippen molar-refractivity contribution in [2.45, 2.75) is 51.2 Å². The van der Waals surface area contributed by atoms with Gasteiger partial charge in [0.25, 0.3) is 0 Å². The van der Waals surface area contributed by atoms with E-state index in [0.29, 0.717) is 0 Å². The standard InChI is InChI=1S/C17H25N3S/c1-14-18-8-9-20(14)10-11-21-16-7-5-6-15(12-16)13-19-17(2,3)4/h5-9,12,19H,10-11,13H2,1-4H3. The van der Waals surface area contributed by atoms with E-state index in [2.05, 4.69) is 59.9 Å². The number of thioether (sulfide) groups is 1. The van der Waals surface area contributed by atoms with Gasteiger partial charge in [-0.15, -0.1) is 11.8 Å². The Kier molecular flexibility index (Phi) is 5.48. The summed E-state index contributed by atoms with van der Waals surface area (Å²) in [6.45, 7) is 10.5. The Morgan fingerprint density at radius 1 is 1.29 bits per heavy atom. The minimum atomic E-state index is 0.155. The lowest BCUT2D eigenvalue weighted by Crippen LogP contribution is -2.35. The van der Waals surface area contributed by atoms with Gasteiger partial charge in [-0.2, -0.15) is 0 Å².